The largest absolute Gasteiger partial charge is 0.465 e. The lowest BCUT2D eigenvalue weighted by Crippen LogP contribution is -2.06. The Kier molecular flexibility index (Phi) is 4.69. The van der Waals surface area contributed by atoms with Gasteiger partial charge in [0, 0.05) is 22.5 Å². The highest BCUT2D eigenvalue weighted by Gasteiger charge is 2.15. The predicted octanol–water partition coefficient (Wildman–Crippen LogP) is 3.77. The minimum absolute atomic E-state index is 0.0802. The van der Waals surface area contributed by atoms with E-state index in [1.165, 1.54) is 12.3 Å². The van der Waals surface area contributed by atoms with Gasteiger partial charge in [-0.1, -0.05) is 30.3 Å². The van der Waals surface area contributed by atoms with Crippen molar-refractivity contribution in [1.82, 2.24) is 0 Å². The Balaban J connectivity index is 2.26. The molecule has 21 heavy (non-hydrogen) atoms. The van der Waals surface area contributed by atoms with E-state index < -0.39 is 5.91 Å². The molecule has 0 aliphatic rings. The normalized spacial score (nSPS) is 10.8. The van der Waals surface area contributed by atoms with Crippen molar-refractivity contribution in [3.63, 3.8) is 0 Å². The first-order valence-corrected chi connectivity index (χ1v) is 6.12. The number of azide groups is 1. The van der Waals surface area contributed by atoms with Crippen LogP contribution in [0.25, 0.3) is 16.5 Å². The number of nitrogens with zero attached hydrogens (tertiary/aromatic N) is 3. The van der Waals surface area contributed by atoms with E-state index in [1.54, 1.807) is 42.5 Å². The third-order valence-corrected chi connectivity index (χ3v) is 2.72. The van der Waals surface area contributed by atoms with Gasteiger partial charge >= 0.3 is 0 Å². The van der Waals surface area contributed by atoms with Gasteiger partial charge in [0.2, 0.25) is 5.91 Å². The second kappa shape index (κ2) is 6.88. The molecule has 0 bridgehead atoms. The van der Waals surface area contributed by atoms with Crippen LogP contribution < -0.4 is 0 Å². The number of Topliss-reactive ketones (excluding diaryl/α,β-unsaturated/α-hetero) is 1. The Bertz CT molecular complexity index is 712. The molecule has 1 aromatic heterocycles. The van der Waals surface area contributed by atoms with Crippen LogP contribution in [0.15, 0.2) is 63.8 Å². The molecule has 6 nitrogen and oxygen atoms in total. The molecule has 0 radical (unpaired) electrons. The third-order valence-electron chi connectivity index (χ3n) is 2.72. The van der Waals surface area contributed by atoms with Crippen LogP contribution in [0.5, 0.6) is 0 Å². The van der Waals surface area contributed by atoms with Crippen molar-refractivity contribution >= 4 is 17.8 Å². The highest BCUT2D eigenvalue weighted by molar-refractivity contribution is 6.07. The molecule has 0 saturated carbocycles. The highest BCUT2D eigenvalue weighted by atomic mass is 16.3. The van der Waals surface area contributed by atoms with Gasteiger partial charge in [-0.3, -0.25) is 9.59 Å². The maximum absolute atomic E-state index is 12.1. The SMILES string of the molecule is [N-]=[N+]=NC(=O)/C(=C/c1ccco1)CC(=O)c1ccccc1. The number of furan rings is 1. The lowest BCUT2D eigenvalue weighted by atomic mass is 10.0. The lowest BCUT2D eigenvalue weighted by molar-refractivity contribution is -0.114. The molecule has 0 atom stereocenters. The summed E-state index contributed by atoms with van der Waals surface area (Å²) in [6, 6.07) is 11.9. The van der Waals surface area contributed by atoms with Crippen molar-refractivity contribution in [2.24, 2.45) is 5.11 Å². The van der Waals surface area contributed by atoms with E-state index in [-0.39, 0.29) is 17.8 Å². The first kappa shape index (κ1) is 14.3. The van der Waals surface area contributed by atoms with E-state index >= 15 is 0 Å². The molecule has 104 valence electrons. The number of benzene rings is 1. The van der Waals surface area contributed by atoms with Crippen molar-refractivity contribution in [2.75, 3.05) is 0 Å². The second-order valence-corrected chi connectivity index (χ2v) is 4.15. The van der Waals surface area contributed by atoms with Crippen LogP contribution in [-0.4, -0.2) is 11.7 Å². The van der Waals surface area contributed by atoms with Crippen molar-refractivity contribution in [3.05, 3.63) is 76.1 Å². The summed E-state index contributed by atoms with van der Waals surface area (Å²) in [7, 11) is 0. The van der Waals surface area contributed by atoms with E-state index in [9.17, 15) is 9.59 Å². The fourth-order valence-corrected chi connectivity index (χ4v) is 1.74. The average molecular weight is 281 g/mol. The topological polar surface area (TPSA) is 96.0 Å². The van der Waals surface area contributed by atoms with Gasteiger partial charge in [-0.2, -0.15) is 0 Å². The van der Waals surface area contributed by atoms with Gasteiger partial charge in [-0.15, -0.1) is 0 Å². The molecule has 1 amide bonds. The molecule has 0 aliphatic carbocycles. The first-order valence-electron chi connectivity index (χ1n) is 6.12. The third kappa shape index (κ3) is 3.92. The van der Waals surface area contributed by atoms with E-state index in [4.69, 9.17) is 9.95 Å². The summed E-state index contributed by atoms with van der Waals surface area (Å²) in [5, 5.41) is 3.03. The highest BCUT2D eigenvalue weighted by Crippen LogP contribution is 2.15. The maximum atomic E-state index is 12.1. The quantitative estimate of drug-likeness (QED) is 0.274. The summed E-state index contributed by atoms with van der Waals surface area (Å²) >= 11 is 0. The van der Waals surface area contributed by atoms with Crippen molar-refractivity contribution in [2.45, 2.75) is 6.42 Å². The second-order valence-electron chi connectivity index (χ2n) is 4.15. The van der Waals surface area contributed by atoms with Crippen molar-refractivity contribution in [1.29, 1.82) is 0 Å². The maximum Gasteiger partial charge on any atom is 0.245 e. The van der Waals surface area contributed by atoms with Crippen LogP contribution in [0.4, 0.5) is 0 Å². The van der Waals surface area contributed by atoms with Gasteiger partial charge in [0.15, 0.2) is 5.78 Å². The fourth-order valence-electron chi connectivity index (χ4n) is 1.74. The lowest BCUT2D eigenvalue weighted by Gasteiger charge is -2.03. The average Bonchev–Trinajstić information content (AvgIpc) is 3.00. The van der Waals surface area contributed by atoms with Crippen LogP contribution in [0, 0.1) is 0 Å². The summed E-state index contributed by atoms with van der Waals surface area (Å²) in [6.45, 7) is 0. The smallest absolute Gasteiger partial charge is 0.245 e. The van der Waals surface area contributed by atoms with Gasteiger partial charge in [-0.05, 0) is 28.9 Å². The molecule has 0 fully saturated rings. The molecular weight excluding hydrogens is 270 g/mol. The Labute approximate surface area is 120 Å². The standard InChI is InChI=1S/C15H11N3O3/c16-18-17-15(20)12(9-13-7-4-8-21-13)10-14(19)11-5-2-1-3-6-11/h1-9H,10H2/b12-9+. The van der Waals surface area contributed by atoms with Crippen LogP contribution in [0.2, 0.25) is 0 Å². The molecule has 0 spiro atoms. The fraction of sp³-hybridized carbons (Fsp3) is 0.0667. The number of ketones is 1. The number of hydrogen-bond donors (Lipinski definition) is 0. The Morgan fingerprint density at radius 2 is 1.95 bits per heavy atom. The minimum Gasteiger partial charge on any atom is -0.465 e. The van der Waals surface area contributed by atoms with Crippen LogP contribution in [-0.2, 0) is 4.79 Å². The van der Waals surface area contributed by atoms with Crippen LogP contribution in [0.3, 0.4) is 0 Å². The zero-order chi connectivity index (χ0) is 15.1. The summed E-state index contributed by atoms with van der Waals surface area (Å²) in [5.74, 6) is -0.625. The van der Waals surface area contributed by atoms with Crippen molar-refractivity contribution in [3.8, 4) is 0 Å². The number of carbonyl (C=O) groups excluding carboxylic acids is 2. The Morgan fingerprint density at radius 1 is 1.19 bits per heavy atom. The molecule has 0 aliphatic heterocycles. The molecule has 0 unspecified atom stereocenters. The number of hydrogen-bond acceptors (Lipinski definition) is 3. The molecule has 0 saturated heterocycles. The van der Waals surface area contributed by atoms with Gasteiger partial charge in [0.05, 0.1) is 6.26 Å². The molecular formula is C15H11N3O3. The van der Waals surface area contributed by atoms with E-state index in [0.29, 0.717) is 11.3 Å². The molecule has 6 heteroatoms. The monoisotopic (exact) mass is 281 g/mol. The summed E-state index contributed by atoms with van der Waals surface area (Å²) in [4.78, 5) is 26.3. The summed E-state index contributed by atoms with van der Waals surface area (Å²) < 4.78 is 5.10. The van der Waals surface area contributed by atoms with E-state index in [2.05, 4.69) is 10.0 Å². The Morgan fingerprint density at radius 3 is 2.57 bits per heavy atom. The Hall–Kier alpha value is -3.11. The van der Waals surface area contributed by atoms with Gasteiger partial charge in [-0.25, -0.2) is 0 Å². The zero-order valence-corrected chi connectivity index (χ0v) is 11.0. The minimum atomic E-state index is -0.793. The van der Waals surface area contributed by atoms with Gasteiger partial charge in [0.25, 0.3) is 0 Å². The molecule has 2 rings (SSSR count). The van der Waals surface area contributed by atoms with Crippen molar-refractivity contribution < 1.29 is 14.0 Å². The van der Waals surface area contributed by atoms with Gasteiger partial charge in [0.1, 0.15) is 5.76 Å². The van der Waals surface area contributed by atoms with E-state index in [0.717, 1.165) is 0 Å². The van der Waals surface area contributed by atoms with Crippen LogP contribution in [0.1, 0.15) is 22.5 Å². The number of amides is 1. The molecule has 0 N–H and O–H groups in total. The number of rotatable bonds is 5. The van der Waals surface area contributed by atoms with Gasteiger partial charge < -0.3 is 4.42 Å². The molecule has 1 heterocycles. The summed E-state index contributed by atoms with van der Waals surface area (Å²) in [5.41, 5.74) is 8.93. The van der Waals surface area contributed by atoms with E-state index in [1.807, 2.05) is 0 Å². The summed E-state index contributed by atoms with van der Waals surface area (Å²) in [6.07, 6.45) is 2.68. The molecule has 1 aromatic carbocycles. The predicted molar refractivity (Wildman–Crippen MR) is 76.2 cm³/mol. The molecule has 2 aromatic rings. The zero-order valence-electron chi connectivity index (χ0n) is 11.0. The number of carbonyl (C=O) groups is 2. The van der Waals surface area contributed by atoms with Crippen LogP contribution >= 0.6 is 0 Å². The first-order chi connectivity index (χ1) is 10.2.